The molecule has 0 spiro atoms. The number of halogens is 3. The molecule has 1 heterocycles. The number of thioether (sulfide) groups is 1. The number of aromatic nitrogens is 2. The zero-order valence-corrected chi connectivity index (χ0v) is 16.0. The molecule has 29 heavy (non-hydrogen) atoms. The van der Waals surface area contributed by atoms with E-state index in [9.17, 15) is 23.1 Å². The van der Waals surface area contributed by atoms with Crippen molar-refractivity contribution in [3.63, 3.8) is 0 Å². The molecule has 1 aromatic heterocycles. The lowest BCUT2D eigenvalue weighted by atomic mass is 10.1. The number of hydrogen-bond donors (Lipinski definition) is 1. The second kappa shape index (κ2) is 8.56. The number of carbonyl (C=O) groups excluding carboxylic acids is 1. The van der Waals surface area contributed by atoms with Crippen LogP contribution in [0.15, 0.2) is 64.1 Å². The standard InChI is InChI=1S/C19H16F3N3O3S/c1-2-15(16(26)23-14-11-7-6-10-13(14)19(20,21)22)29-17-18(27)28-24-25(17)12-8-4-3-5-9-12/h3-11,15H,2H2,1H3,(H-,23,24,26,27). The van der Waals surface area contributed by atoms with Crippen LogP contribution in [-0.4, -0.2) is 16.4 Å². The summed E-state index contributed by atoms with van der Waals surface area (Å²) in [5.74, 6) is -1.39. The monoisotopic (exact) mass is 423 g/mol. The normalized spacial score (nSPS) is 12.6. The quantitative estimate of drug-likeness (QED) is 0.484. The van der Waals surface area contributed by atoms with E-state index in [4.69, 9.17) is 4.52 Å². The van der Waals surface area contributed by atoms with Crippen molar-refractivity contribution in [2.24, 2.45) is 0 Å². The second-order valence-electron chi connectivity index (χ2n) is 5.96. The summed E-state index contributed by atoms with van der Waals surface area (Å²) in [6.45, 7) is 1.69. The first kappa shape index (κ1) is 20.7. The Morgan fingerprint density at radius 3 is 2.52 bits per heavy atom. The zero-order chi connectivity index (χ0) is 21.0. The third-order valence-electron chi connectivity index (χ3n) is 3.98. The Balaban J connectivity index is 1.84. The van der Waals surface area contributed by atoms with Crippen LogP contribution in [0.2, 0.25) is 0 Å². The Morgan fingerprint density at radius 2 is 1.86 bits per heavy atom. The van der Waals surface area contributed by atoms with E-state index in [1.54, 1.807) is 37.3 Å². The van der Waals surface area contributed by atoms with Gasteiger partial charge in [0.1, 0.15) is 0 Å². The topological polar surface area (TPSA) is 82.1 Å². The highest BCUT2D eigenvalue weighted by atomic mass is 32.2. The van der Waals surface area contributed by atoms with Crippen LogP contribution >= 0.6 is 11.8 Å². The lowest BCUT2D eigenvalue weighted by Gasteiger charge is -2.16. The molecular weight excluding hydrogens is 407 g/mol. The highest BCUT2D eigenvalue weighted by Crippen LogP contribution is 2.35. The van der Waals surface area contributed by atoms with Gasteiger partial charge in [-0.1, -0.05) is 37.3 Å². The van der Waals surface area contributed by atoms with Gasteiger partial charge >= 0.3 is 6.18 Å². The number of carbonyl (C=O) groups is 1. The van der Waals surface area contributed by atoms with E-state index in [1.807, 2.05) is 0 Å². The van der Waals surface area contributed by atoms with Gasteiger partial charge in [-0.3, -0.25) is 4.79 Å². The summed E-state index contributed by atoms with van der Waals surface area (Å²) in [4.78, 5) is 12.6. The number of hydrogen-bond acceptors (Lipinski definition) is 5. The van der Waals surface area contributed by atoms with Crippen molar-refractivity contribution in [3.05, 3.63) is 60.2 Å². The molecule has 0 saturated heterocycles. The molecule has 1 unspecified atom stereocenters. The Kier molecular flexibility index (Phi) is 6.12. The van der Waals surface area contributed by atoms with E-state index in [0.29, 0.717) is 5.69 Å². The lowest BCUT2D eigenvalue weighted by Crippen LogP contribution is -2.36. The van der Waals surface area contributed by atoms with Crippen molar-refractivity contribution in [2.75, 3.05) is 5.32 Å². The van der Waals surface area contributed by atoms with Crippen LogP contribution in [0.4, 0.5) is 18.9 Å². The van der Waals surface area contributed by atoms with Gasteiger partial charge in [-0.15, -0.1) is 0 Å². The van der Waals surface area contributed by atoms with Gasteiger partial charge in [0.05, 0.1) is 21.8 Å². The first-order valence-electron chi connectivity index (χ1n) is 8.59. The van der Waals surface area contributed by atoms with Crippen molar-refractivity contribution in [2.45, 2.75) is 29.8 Å². The fraction of sp³-hybridized carbons (Fsp3) is 0.211. The molecule has 0 aliphatic carbocycles. The number of benzene rings is 2. The van der Waals surface area contributed by atoms with Gasteiger partial charge in [-0.2, -0.15) is 13.2 Å². The van der Waals surface area contributed by atoms with E-state index in [1.165, 1.54) is 22.9 Å². The summed E-state index contributed by atoms with van der Waals surface area (Å²) in [5.41, 5.74) is -0.728. The largest absolute Gasteiger partial charge is 0.538 e. The molecule has 3 aromatic rings. The SMILES string of the molecule is CCC(Sc1c([O-])on[n+]1-c1ccccc1)C(=O)Nc1ccccc1C(F)(F)F. The number of nitrogens with zero attached hydrogens (tertiary/aromatic N) is 2. The van der Waals surface area contributed by atoms with Gasteiger partial charge < -0.3 is 14.9 Å². The highest BCUT2D eigenvalue weighted by molar-refractivity contribution is 8.00. The average Bonchev–Trinajstić information content (AvgIpc) is 3.06. The molecular formula is C19H16F3N3O3S. The highest BCUT2D eigenvalue weighted by Gasteiger charge is 2.34. The van der Waals surface area contributed by atoms with Gasteiger partial charge in [-0.05, 0) is 35.0 Å². The van der Waals surface area contributed by atoms with E-state index in [2.05, 4.69) is 10.6 Å². The molecule has 6 nitrogen and oxygen atoms in total. The molecule has 0 radical (unpaired) electrons. The minimum absolute atomic E-state index is 0.0577. The summed E-state index contributed by atoms with van der Waals surface area (Å²) in [5, 5.41) is 17.3. The zero-order valence-electron chi connectivity index (χ0n) is 15.1. The fourth-order valence-electron chi connectivity index (χ4n) is 2.58. The summed E-state index contributed by atoms with van der Waals surface area (Å²) in [6.07, 6.45) is -4.34. The molecule has 10 heteroatoms. The smallest absolute Gasteiger partial charge is 0.418 e. The lowest BCUT2D eigenvalue weighted by molar-refractivity contribution is -0.705. The Bertz CT molecular complexity index is 993. The van der Waals surface area contributed by atoms with Crippen molar-refractivity contribution >= 4 is 23.4 Å². The predicted molar refractivity (Wildman–Crippen MR) is 97.5 cm³/mol. The molecule has 1 atom stereocenters. The number of alkyl halides is 3. The maximum Gasteiger partial charge on any atom is 0.418 e. The molecule has 2 aromatic carbocycles. The van der Waals surface area contributed by atoms with Crippen LogP contribution < -0.4 is 15.1 Å². The summed E-state index contributed by atoms with van der Waals surface area (Å²) in [7, 11) is 0. The molecule has 0 saturated carbocycles. The number of rotatable bonds is 6. The van der Waals surface area contributed by atoms with Gasteiger partial charge in [0.25, 0.3) is 5.03 Å². The number of para-hydroxylation sites is 2. The Hall–Kier alpha value is -3.01. The number of nitrogens with one attached hydrogen (secondary N) is 1. The maximum absolute atomic E-state index is 13.2. The third-order valence-corrected chi connectivity index (χ3v) is 5.38. The van der Waals surface area contributed by atoms with Crippen LogP contribution in [0.25, 0.3) is 5.69 Å². The summed E-state index contributed by atoms with van der Waals surface area (Å²) >= 11 is 0.885. The molecule has 0 bridgehead atoms. The van der Waals surface area contributed by atoms with Gasteiger partial charge in [0.15, 0.2) is 5.95 Å². The van der Waals surface area contributed by atoms with Crippen molar-refractivity contribution < 1.29 is 32.3 Å². The van der Waals surface area contributed by atoms with E-state index in [0.717, 1.165) is 17.8 Å². The first-order valence-corrected chi connectivity index (χ1v) is 9.47. The third kappa shape index (κ3) is 4.70. The van der Waals surface area contributed by atoms with E-state index < -0.39 is 28.8 Å². The molecule has 3 rings (SSSR count). The summed E-state index contributed by atoms with van der Waals surface area (Å²) < 4.78 is 45.4. The Morgan fingerprint density at radius 1 is 1.21 bits per heavy atom. The fourth-order valence-corrected chi connectivity index (χ4v) is 3.56. The first-order chi connectivity index (χ1) is 13.8. The minimum atomic E-state index is -4.61. The second-order valence-corrected chi connectivity index (χ2v) is 7.15. The summed E-state index contributed by atoms with van der Waals surface area (Å²) in [6, 6.07) is 13.4. The molecule has 1 N–H and O–H groups in total. The Labute approximate surface area is 168 Å². The molecule has 0 aliphatic heterocycles. The average molecular weight is 423 g/mol. The van der Waals surface area contributed by atoms with Crippen LogP contribution in [0.1, 0.15) is 18.9 Å². The predicted octanol–water partition coefficient (Wildman–Crippen LogP) is 3.55. The molecule has 0 fully saturated rings. The molecule has 0 aliphatic rings. The maximum atomic E-state index is 13.2. The number of amides is 1. The molecule has 1 amide bonds. The van der Waals surface area contributed by atoms with E-state index >= 15 is 0 Å². The van der Waals surface area contributed by atoms with Crippen molar-refractivity contribution in [1.82, 2.24) is 5.27 Å². The van der Waals surface area contributed by atoms with Crippen LogP contribution in [0.5, 0.6) is 5.95 Å². The van der Waals surface area contributed by atoms with Crippen LogP contribution in [0.3, 0.4) is 0 Å². The van der Waals surface area contributed by atoms with Gasteiger partial charge in [0, 0.05) is 12.1 Å². The van der Waals surface area contributed by atoms with Crippen LogP contribution in [-0.2, 0) is 11.0 Å². The minimum Gasteiger partial charge on any atom is -0.538 e. The van der Waals surface area contributed by atoms with Crippen LogP contribution in [0, 0.1) is 0 Å². The van der Waals surface area contributed by atoms with E-state index in [-0.39, 0.29) is 17.1 Å². The van der Waals surface area contributed by atoms with Gasteiger partial charge in [0.2, 0.25) is 11.6 Å². The number of anilines is 1. The van der Waals surface area contributed by atoms with Crippen molar-refractivity contribution in [3.8, 4) is 11.6 Å². The van der Waals surface area contributed by atoms with Crippen molar-refractivity contribution in [1.29, 1.82) is 0 Å². The van der Waals surface area contributed by atoms with Gasteiger partial charge in [-0.25, -0.2) is 0 Å². The molecule has 152 valence electrons.